The van der Waals surface area contributed by atoms with Gasteiger partial charge in [-0.1, -0.05) is 12.1 Å². The molecule has 0 spiro atoms. The number of benzene rings is 2. The first-order valence-electron chi connectivity index (χ1n) is 6.82. The molecule has 1 aliphatic rings. The zero-order valence-electron chi connectivity index (χ0n) is 12.4. The van der Waals surface area contributed by atoms with Crippen LogP contribution in [0.5, 0.6) is 0 Å². The number of hydrogen-bond donors (Lipinski definition) is 0. The summed E-state index contributed by atoms with van der Waals surface area (Å²) in [6.45, 7) is 1.48. The van der Waals surface area contributed by atoms with Crippen LogP contribution in [0.2, 0.25) is 0 Å². The number of anilines is 1. The molecule has 2 amide bonds. The van der Waals surface area contributed by atoms with E-state index in [4.69, 9.17) is 0 Å². The Morgan fingerprint density at radius 3 is 2.17 bits per heavy atom. The van der Waals surface area contributed by atoms with Crippen LogP contribution in [-0.2, 0) is 4.74 Å². The Balaban J connectivity index is 2.20. The van der Waals surface area contributed by atoms with Crippen molar-refractivity contribution in [3.63, 3.8) is 0 Å². The first-order chi connectivity index (χ1) is 11.0. The highest BCUT2D eigenvalue weighted by Crippen LogP contribution is 2.32. The number of aryl methyl sites for hydroxylation is 1. The second kappa shape index (κ2) is 5.31. The summed E-state index contributed by atoms with van der Waals surface area (Å²) >= 11 is 0. The maximum Gasteiger partial charge on any atom is 0.340 e. The van der Waals surface area contributed by atoms with Crippen LogP contribution in [-0.4, -0.2) is 24.9 Å². The number of methoxy groups -OCH3 is 1. The number of nitrogens with zero attached hydrogens (tertiary/aromatic N) is 1. The van der Waals surface area contributed by atoms with Crippen molar-refractivity contribution in [1.29, 1.82) is 0 Å². The molecule has 2 aromatic carbocycles. The minimum Gasteiger partial charge on any atom is -0.465 e. The molecule has 2 aromatic rings. The second-order valence-electron chi connectivity index (χ2n) is 5.10. The number of halogens is 1. The molecule has 0 aliphatic carbocycles. The van der Waals surface area contributed by atoms with Crippen molar-refractivity contribution in [2.24, 2.45) is 0 Å². The third kappa shape index (κ3) is 2.19. The van der Waals surface area contributed by atoms with Gasteiger partial charge in [0.25, 0.3) is 11.8 Å². The van der Waals surface area contributed by atoms with E-state index in [1.165, 1.54) is 32.2 Å². The van der Waals surface area contributed by atoms with Crippen LogP contribution < -0.4 is 4.90 Å². The zero-order chi connectivity index (χ0) is 16.7. The third-order valence-corrected chi connectivity index (χ3v) is 3.72. The van der Waals surface area contributed by atoms with E-state index in [0.717, 1.165) is 11.0 Å². The molecule has 0 radical (unpaired) electrons. The fraction of sp³-hybridized carbons (Fsp3) is 0.118. The van der Waals surface area contributed by atoms with E-state index in [1.807, 2.05) is 0 Å². The Morgan fingerprint density at radius 1 is 1.09 bits per heavy atom. The smallest absolute Gasteiger partial charge is 0.340 e. The number of hydrogen-bond acceptors (Lipinski definition) is 4. The standard InChI is InChI=1S/C17H12FNO4/c1-9-7-12(17(22)23-2)14(8-13(9)18)19-15(20)10-5-3-4-6-11(10)16(19)21/h3-8H,1-2H3. The van der Waals surface area contributed by atoms with Crippen molar-refractivity contribution in [3.05, 3.63) is 64.5 Å². The second-order valence-corrected chi connectivity index (χ2v) is 5.10. The number of fused-ring (bicyclic) bond motifs is 1. The van der Waals surface area contributed by atoms with Gasteiger partial charge in [-0.15, -0.1) is 0 Å². The SMILES string of the molecule is COC(=O)c1cc(C)c(F)cc1N1C(=O)c2ccccc2C1=O. The summed E-state index contributed by atoms with van der Waals surface area (Å²) in [5.74, 6) is -2.57. The lowest BCUT2D eigenvalue weighted by atomic mass is 10.1. The molecule has 0 unspecified atom stereocenters. The van der Waals surface area contributed by atoms with Crippen molar-refractivity contribution in [1.82, 2.24) is 0 Å². The van der Waals surface area contributed by atoms with Gasteiger partial charge in [0.05, 0.1) is 29.5 Å². The highest BCUT2D eigenvalue weighted by molar-refractivity contribution is 6.35. The third-order valence-electron chi connectivity index (χ3n) is 3.72. The Labute approximate surface area is 131 Å². The largest absolute Gasteiger partial charge is 0.465 e. The summed E-state index contributed by atoms with van der Waals surface area (Å²) in [5, 5.41) is 0. The van der Waals surface area contributed by atoms with Gasteiger partial charge < -0.3 is 4.74 Å². The molecular formula is C17H12FNO4. The van der Waals surface area contributed by atoms with Gasteiger partial charge in [-0.25, -0.2) is 14.1 Å². The van der Waals surface area contributed by atoms with Crippen LogP contribution in [0.3, 0.4) is 0 Å². The van der Waals surface area contributed by atoms with Crippen LogP contribution in [0.25, 0.3) is 0 Å². The molecule has 23 heavy (non-hydrogen) atoms. The van der Waals surface area contributed by atoms with Gasteiger partial charge in [0.1, 0.15) is 5.82 Å². The Hall–Kier alpha value is -3.02. The normalized spacial score (nSPS) is 13.3. The number of carbonyl (C=O) groups is 3. The van der Waals surface area contributed by atoms with Crippen molar-refractivity contribution in [2.75, 3.05) is 12.0 Å². The van der Waals surface area contributed by atoms with E-state index >= 15 is 0 Å². The van der Waals surface area contributed by atoms with E-state index in [-0.39, 0.29) is 27.9 Å². The molecule has 3 rings (SSSR count). The predicted octanol–water partition coefficient (Wildman–Crippen LogP) is 2.72. The van der Waals surface area contributed by atoms with Gasteiger partial charge in [-0.3, -0.25) is 9.59 Å². The number of ether oxygens (including phenoxy) is 1. The van der Waals surface area contributed by atoms with E-state index in [2.05, 4.69) is 4.74 Å². The van der Waals surface area contributed by atoms with Crippen LogP contribution in [0, 0.1) is 12.7 Å². The van der Waals surface area contributed by atoms with Crippen LogP contribution in [0.15, 0.2) is 36.4 Å². The van der Waals surface area contributed by atoms with Crippen molar-refractivity contribution in [3.8, 4) is 0 Å². The van der Waals surface area contributed by atoms with Crippen LogP contribution >= 0.6 is 0 Å². The van der Waals surface area contributed by atoms with E-state index in [0.29, 0.717) is 0 Å². The number of esters is 1. The fourth-order valence-electron chi connectivity index (χ4n) is 2.54. The molecule has 0 fully saturated rings. The van der Waals surface area contributed by atoms with Gasteiger partial charge in [0.2, 0.25) is 0 Å². The first kappa shape index (κ1) is 14.9. The monoisotopic (exact) mass is 313 g/mol. The Kier molecular flexibility index (Phi) is 3.44. The number of amides is 2. The molecule has 0 bridgehead atoms. The molecule has 1 heterocycles. The maximum absolute atomic E-state index is 14.0. The fourth-order valence-corrected chi connectivity index (χ4v) is 2.54. The average Bonchev–Trinajstić information content (AvgIpc) is 2.81. The highest BCUT2D eigenvalue weighted by atomic mass is 19.1. The summed E-state index contributed by atoms with van der Waals surface area (Å²) in [7, 11) is 1.17. The lowest BCUT2D eigenvalue weighted by molar-refractivity contribution is 0.0601. The molecule has 0 saturated carbocycles. The molecule has 6 heteroatoms. The predicted molar refractivity (Wildman–Crippen MR) is 80.1 cm³/mol. The maximum atomic E-state index is 14.0. The van der Waals surface area contributed by atoms with Crippen LogP contribution in [0.4, 0.5) is 10.1 Å². The highest BCUT2D eigenvalue weighted by Gasteiger charge is 2.38. The average molecular weight is 313 g/mol. The summed E-state index contributed by atoms with van der Waals surface area (Å²) in [5.41, 5.74) is 0.487. The molecule has 1 aliphatic heterocycles. The van der Waals surface area contributed by atoms with E-state index in [9.17, 15) is 18.8 Å². The van der Waals surface area contributed by atoms with E-state index in [1.54, 1.807) is 12.1 Å². The van der Waals surface area contributed by atoms with Crippen molar-refractivity contribution in [2.45, 2.75) is 6.92 Å². The summed E-state index contributed by atoms with van der Waals surface area (Å²) < 4.78 is 18.6. The molecule has 0 aromatic heterocycles. The summed E-state index contributed by atoms with van der Waals surface area (Å²) in [6, 6.07) is 8.55. The summed E-state index contributed by atoms with van der Waals surface area (Å²) in [4.78, 5) is 37.7. The Morgan fingerprint density at radius 2 is 1.65 bits per heavy atom. The molecule has 0 atom stereocenters. The van der Waals surface area contributed by atoms with Crippen LogP contribution in [0.1, 0.15) is 36.6 Å². The lowest BCUT2D eigenvalue weighted by Gasteiger charge is -2.18. The Bertz CT molecular complexity index is 825. The van der Waals surface area contributed by atoms with E-state index < -0.39 is 23.6 Å². The topological polar surface area (TPSA) is 63.7 Å². The number of rotatable bonds is 2. The van der Waals surface area contributed by atoms with Gasteiger partial charge in [-0.2, -0.15) is 0 Å². The minimum absolute atomic E-state index is 0.0408. The molecule has 0 N–H and O–H groups in total. The zero-order valence-corrected chi connectivity index (χ0v) is 12.4. The number of imide groups is 1. The minimum atomic E-state index is -0.750. The van der Waals surface area contributed by atoms with Gasteiger partial charge >= 0.3 is 5.97 Å². The molecule has 0 saturated heterocycles. The van der Waals surface area contributed by atoms with Gasteiger partial charge in [-0.05, 0) is 36.8 Å². The summed E-state index contributed by atoms with van der Waals surface area (Å²) in [6.07, 6.45) is 0. The molecular weight excluding hydrogens is 301 g/mol. The van der Waals surface area contributed by atoms with Gasteiger partial charge in [0, 0.05) is 0 Å². The number of carbonyl (C=O) groups excluding carboxylic acids is 3. The lowest BCUT2D eigenvalue weighted by Crippen LogP contribution is -2.31. The van der Waals surface area contributed by atoms with Gasteiger partial charge in [0.15, 0.2) is 0 Å². The quantitative estimate of drug-likeness (QED) is 0.632. The first-order valence-corrected chi connectivity index (χ1v) is 6.82. The van der Waals surface area contributed by atoms with Crippen molar-refractivity contribution >= 4 is 23.5 Å². The van der Waals surface area contributed by atoms with Crippen molar-refractivity contribution < 1.29 is 23.5 Å². The molecule has 5 nitrogen and oxygen atoms in total. The molecule has 116 valence electrons.